The van der Waals surface area contributed by atoms with Crippen LogP contribution in [0.5, 0.6) is 0 Å². The van der Waals surface area contributed by atoms with E-state index >= 15 is 0 Å². The number of benzene rings is 1. The molecule has 1 aromatic rings. The van der Waals surface area contributed by atoms with Crippen LogP contribution in [0.1, 0.15) is 28.8 Å². The van der Waals surface area contributed by atoms with Crippen LogP contribution < -0.4 is 5.32 Å². The van der Waals surface area contributed by atoms with E-state index in [2.05, 4.69) is 5.32 Å². The van der Waals surface area contributed by atoms with E-state index in [4.69, 9.17) is 4.74 Å². The highest BCUT2D eigenvalue weighted by Gasteiger charge is 2.16. The van der Waals surface area contributed by atoms with Gasteiger partial charge in [0.1, 0.15) is 5.82 Å². The van der Waals surface area contributed by atoms with Gasteiger partial charge >= 0.3 is 0 Å². The van der Waals surface area contributed by atoms with Gasteiger partial charge in [-0.2, -0.15) is 0 Å². The summed E-state index contributed by atoms with van der Waals surface area (Å²) in [5.41, 5.74) is 0.926. The van der Waals surface area contributed by atoms with Crippen LogP contribution in [0.25, 0.3) is 0 Å². The molecule has 3 nitrogen and oxygen atoms in total. The van der Waals surface area contributed by atoms with Crippen molar-refractivity contribution in [2.75, 3.05) is 19.8 Å². The maximum absolute atomic E-state index is 13.5. The standard InChI is InChI=1S/C14H18FNO2/c1-10-2-3-12(13(15)8-10)14(17)16-6-4-11-5-7-18-9-11/h2-3,8,11H,4-7,9H2,1H3,(H,16,17). The first-order chi connectivity index (χ1) is 8.66. The number of carbonyl (C=O) groups is 1. The first kappa shape index (κ1) is 13.0. The van der Waals surface area contributed by atoms with Crippen LogP contribution in [0.4, 0.5) is 4.39 Å². The Hall–Kier alpha value is -1.42. The molecule has 4 heteroatoms. The fourth-order valence-corrected chi connectivity index (χ4v) is 2.10. The summed E-state index contributed by atoms with van der Waals surface area (Å²) in [5.74, 6) is -0.281. The number of halogens is 1. The zero-order valence-corrected chi connectivity index (χ0v) is 10.5. The Bertz CT molecular complexity index is 428. The van der Waals surface area contributed by atoms with Crippen LogP contribution in [0.15, 0.2) is 18.2 Å². The largest absolute Gasteiger partial charge is 0.381 e. The first-order valence-corrected chi connectivity index (χ1v) is 6.29. The van der Waals surface area contributed by atoms with Gasteiger partial charge in [-0.15, -0.1) is 0 Å². The summed E-state index contributed by atoms with van der Waals surface area (Å²) in [6.45, 7) is 3.95. The van der Waals surface area contributed by atoms with Crippen molar-refractivity contribution < 1.29 is 13.9 Å². The van der Waals surface area contributed by atoms with Crippen molar-refractivity contribution in [3.8, 4) is 0 Å². The zero-order valence-electron chi connectivity index (χ0n) is 10.5. The summed E-state index contributed by atoms with van der Waals surface area (Å²) in [6.07, 6.45) is 1.94. The second-order valence-electron chi connectivity index (χ2n) is 4.76. The molecular formula is C14H18FNO2. The molecule has 1 aromatic carbocycles. The molecule has 0 bridgehead atoms. The molecule has 1 aliphatic heterocycles. The van der Waals surface area contributed by atoms with Gasteiger partial charge in [0.2, 0.25) is 0 Å². The number of hydrogen-bond acceptors (Lipinski definition) is 2. The molecule has 2 rings (SSSR count). The lowest BCUT2D eigenvalue weighted by Crippen LogP contribution is -2.26. The van der Waals surface area contributed by atoms with Crippen LogP contribution >= 0.6 is 0 Å². The van der Waals surface area contributed by atoms with Gasteiger partial charge < -0.3 is 10.1 Å². The monoisotopic (exact) mass is 251 g/mol. The minimum absolute atomic E-state index is 0.114. The highest BCUT2D eigenvalue weighted by atomic mass is 19.1. The minimum atomic E-state index is -0.461. The van der Waals surface area contributed by atoms with Crippen molar-refractivity contribution in [1.82, 2.24) is 5.32 Å². The van der Waals surface area contributed by atoms with Gasteiger partial charge in [-0.05, 0) is 43.4 Å². The van der Waals surface area contributed by atoms with Gasteiger partial charge in [-0.1, -0.05) is 6.07 Å². The summed E-state index contributed by atoms with van der Waals surface area (Å²) in [7, 11) is 0. The second-order valence-corrected chi connectivity index (χ2v) is 4.76. The van der Waals surface area contributed by atoms with Gasteiger partial charge in [0.05, 0.1) is 5.56 Å². The molecule has 1 unspecified atom stereocenters. The van der Waals surface area contributed by atoms with Crippen molar-refractivity contribution in [1.29, 1.82) is 0 Å². The lowest BCUT2D eigenvalue weighted by atomic mass is 10.1. The maximum Gasteiger partial charge on any atom is 0.254 e. The lowest BCUT2D eigenvalue weighted by Gasteiger charge is -2.09. The van der Waals surface area contributed by atoms with Crippen molar-refractivity contribution in [3.05, 3.63) is 35.1 Å². The quantitative estimate of drug-likeness (QED) is 0.891. The molecule has 1 amide bonds. The summed E-state index contributed by atoms with van der Waals surface area (Å²) in [5, 5.41) is 2.75. The molecule has 1 fully saturated rings. The van der Waals surface area contributed by atoms with Crippen LogP contribution in [0, 0.1) is 18.7 Å². The van der Waals surface area contributed by atoms with Crippen LogP contribution in [-0.2, 0) is 4.74 Å². The number of rotatable bonds is 4. The van der Waals surface area contributed by atoms with Gasteiger partial charge in [-0.25, -0.2) is 4.39 Å². The third-order valence-electron chi connectivity index (χ3n) is 3.23. The molecule has 0 spiro atoms. The maximum atomic E-state index is 13.5. The number of amides is 1. The highest BCUT2D eigenvalue weighted by Crippen LogP contribution is 2.15. The van der Waals surface area contributed by atoms with E-state index < -0.39 is 5.82 Å². The molecule has 98 valence electrons. The molecule has 0 saturated carbocycles. The van der Waals surface area contributed by atoms with Gasteiger partial charge in [0, 0.05) is 19.8 Å². The van der Waals surface area contributed by atoms with Crippen LogP contribution in [0.2, 0.25) is 0 Å². The first-order valence-electron chi connectivity index (χ1n) is 6.29. The molecule has 1 N–H and O–H groups in total. The number of hydrogen-bond donors (Lipinski definition) is 1. The lowest BCUT2D eigenvalue weighted by molar-refractivity contribution is 0.0946. The van der Waals surface area contributed by atoms with E-state index in [0.29, 0.717) is 12.5 Å². The van der Waals surface area contributed by atoms with E-state index in [1.54, 1.807) is 13.0 Å². The molecular weight excluding hydrogens is 233 g/mol. The molecule has 1 saturated heterocycles. The molecule has 0 aliphatic carbocycles. The van der Waals surface area contributed by atoms with Crippen LogP contribution in [-0.4, -0.2) is 25.7 Å². The van der Waals surface area contributed by atoms with Gasteiger partial charge in [0.25, 0.3) is 5.91 Å². The molecule has 0 aromatic heterocycles. The fraction of sp³-hybridized carbons (Fsp3) is 0.500. The van der Waals surface area contributed by atoms with E-state index in [1.165, 1.54) is 12.1 Å². The summed E-state index contributed by atoms with van der Waals surface area (Å²) < 4.78 is 18.8. The van der Waals surface area contributed by atoms with Gasteiger partial charge in [-0.3, -0.25) is 4.79 Å². The van der Waals surface area contributed by atoms with Gasteiger partial charge in [0.15, 0.2) is 0 Å². The van der Waals surface area contributed by atoms with E-state index in [9.17, 15) is 9.18 Å². The molecule has 1 atom stereocenters. The molecule has 1 aliphatic rings. The van der Waals surface area contributed by atoms with E-state index in [1.807, 2.05) is 0 Å². The Morgan fingerprint density at radius 3 is 3.06 bits per heavy atom. The molecule has 1 heterocycles. The summed E-state index contributed by atoms with van der Waals surface area (Å²) in [6, 6.07) is 4.64. The molecule has 18 heavy (non-hydrogen) atoms. The van der Waals surface area contributed by atoms with Crippen molar-refractivity contribution >= 4 is 5.91 Å². The van der Waals surface area contributed by atoms with E-state index in [0.717, 1.165) is 31.6 Å². The minimum Gasteiger partial charge on any atom is -0.381 e. The normalized spacial score (nSPS) is 18.9. The summed E-state index contributed by atoms with van der Waals surface area (Å²) in [4.78, 5) is 11.8. The number of carbonyl (C=O) groups excluding carboxylic acids is 1. The predicted molar refractivity (Wildman–Crippen MR) is 67.0 cm³/mol. The smallest absolute Gasteiger partial charge is 0.254 e. The number of nitrogens with one attached hydrogen (secondary N) is 1. The number of ether oxygens (including phenoxy) is 1. The van der Waals surface area contributed by atoms with Crippen molar-refractivity contribution in [2.45, 2.75) is 19.8 Å². The third kappa shape index (κ3) is 3.29. The Morgan fingerprint density at radius 1 is 1.56 bits per heavy atom. The summed E-state index contributed by atoms with van der Waals surface area (Å²) >= 11 is 0. The Kier molecular flexibility index (Phi) is 4.31. The average molecular weight is 251 g/mol. The predicted octanol–water partition coefficient (Wildman–Crippen LogP) is 2.29. The van der Waals surface area contributed by atoms with Crippen molar-refractivity contribution in [3.63, 3.8) is 0 Å². The van der Waals surface area contributed by atoms with Crippen LogP contribution in [0.3, 0.4) is 0 Å². The third-order valence-corrected chi connectivity index (χ3v) is 3.23. The highest BCUT2D eigenvalue weighted by molar-refractivity contribution is 5.94. The Balaban J connectivity index is 1.83. The SMILES string of the molecule is Cc1ccc(C(=O)NCCC2CCOC2)c(F)c1. The number of aryl methyl sites for hydroxylation is 1. The molecule has 0 radical (unpaired) electrons. The van der Waals surface area contributed by atoms with E-state index in [-0.39, 0.29) is 11.5 Å². The topological polar surface area (TPSA) is 38.3 Å². The Morgan fingerprint density at radius 2 is 2.39 bits per heavy atom. The zero-order chi connectivity index (χ0) is 13.0. The Labute approximate surface area is 106 Å². The average Bonchev–Trinajstić information content (AvgIpc) is 2.81. The second kappa shape index (κ2) is 5.96. The fourth-order valence-electron chi connectivity index (χ4n) is 2.10. The van der Waals surface area contributed by atoms with Crippen molar-refractivity contribution in [2.24, 2.45) is 5.92 Å².